The summed E-state index contributed by atoms with van der Waals surface area (Å²) < 4.78 is 5.38. The molecule has 21 heavy (non-hydrogen) atoms. The predicted molar refractivity (Wildman–Crippen MR) is 80.1 cm³/mol. The van der Waals surface area contributed by atoms with Gasteiger partial charge in [-0.1, -0.05) is 20.8 Å². The molecule has 0 radical (unpaired) electrons. The molecule has 0 saturated carbocycles. The molecule has 1 saturated heterocycles. The molecule has 0 aliphatic carbocycles. The fourth-order valence-corrected chi connectivity index (χ4v) is 2.69. The molecule has 0 spiro atoms. The zero-order chi connectivity index (χ0) is 16.0. The van der Waals surface area contributed by atoms with Crippen molar-refractivity contribution >= 4 is 12.0 Å². The summed E-state index contributed by atoms with van der Waals surface area (Å²) in [6, 6.07) is -0.195. The van der Waals surface area contributed by atoms with E-state index in [0.717, 1.165) is 6.42 Å². The van der Waals surface area contributed by atoms with Crippen molar-refractivity contribution in [2.45, 2.75) is 39.7 Å². The molecule has 1 fully saturated rings. The van der Waals surface area contributed by atoms with Gasteiger partial charge in [0.1, 0.15) is 0 Å². The van der Waals surface area contributed by atoms with Crippen molar-refractivity contribution in [3.05, 3.63) is 0 Å². The second-order valence-electron chi connectivity index (χ2n) is 6.34. The number of amides is 2. The van der Waals surface area contributed by atoms with Crippen molar-refractivity contribution in [2.75, 3.05) is 26.7 Å². The van der Waals surface area contributed by atoms with E-state index in [1.54, 1.807) is 12.0 Å². The average molecular weight is 300 g/mol. The van der Waals surface area contributed by atoms with Crippen molar-refractivity contribution in [1.29, 1.82) is 0 Å². The number of nitrogens with zero attached hydrogens (tertiary/aromatic N) is 1. The summed E-state index contributed by atoms with van der Waals surface area (Å²) in [6.07, 6.45) is 1.52. The number of hydrogen-bond acceptors (Lipinski definition) is 3. The van der Waals surface area contributed by atoms with Gasteiger partial charge in [-0.3, -0.25) is 4.79 Å². The van der Waals surface area contributed by atoms with Crippen molar-refractivity contribution in [1.82, 2.24) is 10.2 Å². The maximum absolute atomic E-state index is 12.1. The van der Waals surface area contributed by atoms with Crippen LogP contribution in [-0.2, 0) is 9.53 Å². The summed E-state index contributed by atoms with van der Waals surface area (Å²) in [5.41, 5.74) is 0. The molecule has 6 nitrogen and oxygen atoms in total. The summed E-state index contributed by atoms with van der Waals surface area (Å²) in [7, 11) is 1.66. The molecule has 1 rings (SSSR count). The Kier molecular flexibility index (Phi) is 6.95. The van der Waals surface area contributed by atoms with E-state index >= 15 is 0 Å². The Balaban J connectivity index is 2.47. The first-order valence-electron chi connectivity index (χ1n) is 7.63. The first-order chi connectivity index (χ1) is 9.85. The van der Waals surface area contributed by atoms with Crippen molar-refractivity contribution in [3.8, 4) is 0 Å². The van der Waals surface area contributed by atoms with Gasteiger partial charge in [-0.2, -0.15) is 0 Å². The highest BCUT2D eigenvalue weighted by Crippen LogP contribution is 2.19. The Labute approximate surface area is 126 Å². The van der Waals surface area contributed by atoms with Crippen LogP contribution >= 0.6 is 0 Å². The molecule has 3 atom stereocenters. The smallest absolute Gasteiger partial charge is 0.317 e. The average Bonchev–Trinajstić information content (AvgIpc) is 2.42. The Morgan fingerprint density at radius 2 is 2.10 bits per heavy atom. The number of carboxylic acid groups (broad SMARTS) is 1. The lowest BCUT2D eigenvalue weighted by molar-refractivity contribution is -0.142. The number of methoxy groups -OCH3 is 1. The summed E-state index contributed by atoms with van der Waals surface area (Å²) in [4.78, 5) is 25.0. The third kappa shape index (κ3) is 5.53. The largest absolute Gasteiger partial charge is 0.481 e. The maximum atomic E-state index is 12.1. The van der Waals surface area contributed by atoms with Crippen LogP contribution in [0, 0.1) is 17.8 Å². The Morgan fingerprint density at radius 1 is 1.43 bits per heavy atom. The molecule has 0 aromatic heterocycles. The van der Waals surface area contributed by atoms with Crippen LogP contribution in [0.4, 0.5) is 4.79 Å². The number of urea groups is 1. The van der Waals surface area contributed by atoms with E-state index in [1.165, 1.54) is 0 Å². The lowest BCUT2D eigenvalue weighted by Gasteiger charge is -2.36. The molecule has 122 valence electrons. The number of hydrogen-bond donors (Lipinski definition) is 2. The molecule has 0 bridgehead atoms. The van der Waals surface area contributed by atoms with Gasteiger partial charge in [-0.15, -0.1) is 0 Å². The molecule has 2 amide bonds. The normalized spacial score (nSPS) is 24.0. The van der Waals surface area contributed by atoms with Crippen molar-refractivity contribution < 1.29 is 19.4 Å². The number of ether oxygens (including phenoxy) is 1. The highest BCUT2D eigenvalue weighted by Gasteiger charge is 2.29. The van der Waals surface area contributed by atoms with Crippen LogP contribution in [0.1, 0.15) is 33.6 Å². The van der Waals surface area contributed by atoms with Crippen LogP contribution in [0.2, 0.25) is 0 Å². The summed E-state index contributed by atoms with van der Waals surface area (Å²) >= 11 is 0. The van der Waals surface area contributed by atoms with Gasteiger partial charge in [0, 0.05) is 26.7 Å². The van der Waals surface area contributed by atoms with Gasteiger partial charge in [-0.25, -0.2) is 4.79 Å². The van der Waals surface area contributed by atoms with Gasteiger partial charge in [-0.05, 0) is 24.7 Å². The molecule has 6 heteroatoms. The minimum Gasteiger partial charge on any atom is -0.481 e. The SMILES string of the molecule is COC1CN(C(=O)NCC(CC(C)C)C(=O)O)CCC1C. The number of nitrogens with one attached hydrogen (secondary N) is 1. The van der Waals surface area contributed by atoms with Gasteiger partial charge >= 0.3 is 12.0 Å². The van der Waals surface area contributed by atoms with Gasteiger partial charge in [0.25, 0.3) is 0 Å². The van der Waals surface area contributed by atoms with Crippen LogP contribution in [0.25, 0.3) is 0 Å². The third-order valence-corrected chi connectivity index (χ3v) is 4.08. The number of rotatable bonds is 6. The van der Waals surface area contributed by atoms with Crippen LogP contribution in [0.15, 0.2) is 0 Å². The molecule has 1 aliphatic heterocycles. The molecule has 1 aliphatic rings. The Morgan fingerprint density at radius 3 is 2.62 bits per heavy atom. The van der Waals surface area contributed by atoms with E-state index in [-0.39, 0.29) is 24.6 Å². The first kappa shape index (κ1) is 17.8. The fourth-order valence-electron chi connectivity index (χ4n) is 2.69. The van der Waals surface area contributed by atoms with Crippen molar-refractivity contribution in [3.63, 3.8) is 0 Å². The number of carbonyl (C=O) groups excluding carboxylic acids is 1. The maximum Gasteiger partial charge on any atom is 0.317 e. The fraction of sp³-hybridized carbons (Fsp3) is 0.867. The topological polar surface area (TPSA) is 78.9 Å². The number of carboxylic acids is 1. The minimum atomic E-state index is -0.856. The van der Waals surface area contributed by atoms with E-state index < -0.39 is 11.9 Å². The number of piperidine rings is 1. The molecule has 0 aromatic carbocycles. The number of carbonyl (C=O) groups is 2. The molecule has 0 aromatic rings. The van der Waals surface area contributed by atoms with Crippen LogP contribution < -0.4 is 5.32 Å². The molecule has 3 unspecified atom stereocenters. The van der Waals surface area contributed by atoms with Gasteiger partial charge < -0.3 is 20.1 Å². The quantitative estimate of drug-likeness (QED) is 0.784. The lowest BCUT2D eigenvalue weighted by Crippen LogP contribution is -2.51. The van der Waals surface area contributed by atoms with Crippen molar-refractivity contribution in [2.24, 2.45) is 17.8 Å². The summed E-state index contributed by atoms with van der Waals surface area (Å²) in [5, 5.41) is 11.9. The molecular weight excluding hydrogens is 272 g/mol. The Bertz CT molecular complexity index is 360. The van der Waals surface area contributed by atoms with E-state index in [9.17, 15) is 14.7 Å². The summed E-state index contributed by atoms with van der Waals surface area (Å²) in [6.45, 7) is 7.50. The highest BCUT2D eigenvalue weighted by molar-refractivity contribution is 5.76. The van der Waals surface area contributed by atoms with E-state index in [0.29, 0.717) is 25.4 Å². The van der Waals surface area contributed by atoms with Crippen LogP contribution in [-0.4, -0.2) is 54.9 Å². The van der Waals surface area contributed by atoms with Crippen LogP contribution in [0.3, 0.4) is 0 Å². The highest BCUT2D eigenvalue weighted by atomic mass is 16.5. The standard InChI is InChI=1S/C15H28N2O4/c1-10(2)7-12(14(18)19)8-16-15(20)17-6-5-11(3)13(9-17)21-4/h10-13H,5-9H2,1-4H3,(H,16,20)(H,18,19). The molecular formula is C15H28N2O4. The Hall–Kier alpha value is -1.30. The zero-order valence-corrected chi connectivity index (χ0v) is 13.5. The second-order valence-corrected chi connectivity index (χ2v) is 6.34. The number of likely N-dealkylation sites (tertiary alicyclic amines) is 1. The second kappa shape index (κ2) is 8.22. The minimum absolute atomic E-state index is 0.0513. The van der Waals surface area contributed by atoms with E-state index in [1.807, 2.05) is 13.8 Å². The van der Waals surface area contributed by atoms with Gasteiger partial charge in [0.2, 0.25) is 0 Å². The van der Waals surface area contributed by atoms with Gasteiger partial charge in [0.15, 0.2) is 0 Å². The molecule has 2 N–H and O–H groups in total. The molecule has 1 heterocycles. The predicted octanol–water partition coefficient (Wildman–Crippen LogP) is 1.80. The third-order valence-electron chi connectivity index (χ3n) is 4.08. The zero-order valence-electron chi connectivity index (χ0n) is 13.5. The summed E-state index contributed by atoms with van der Waals surface area (Å²) in [5.74, 6) is -0.662. The van der Waals surface area contributed by atoms with E-state index in [4.69, 9.17) is 4.74 Å². The van der Waals surface area contributed by atoms with E-state index in [2.05, 4.69) is 12.2 Å². The number of aliphatic carboxylic acids is 1. The monoisotopic (exact) mass is 300 g/mol. The van der Waals surface area contributed by atoms with Gasteiger partial charge in [0.05, 0.1) is 12.0 Å². The first-order valence-corrected chi connectivity index (χ1v) is 7.63. The van der Waals surface area contributed by atoms with Crippen LogP contribution in [0.5, 0.6) is 0 Å². The lowest BCUT2D eigenvalue weighted by atomic mass is 9.96.